The van der Waals surface area contributed by atoms with Gasteiger partial charge in [0.15, 0.2) is 0 Å². The summed E-state index contributed by atoms with van der Waals surface area (Å²) in [6.45, 7) is 4.09. The maximum atomic E-state index is 13.2. The summed E-state index contributed by atoms with van der Waals surface area (Å²) in [6.07, 6.45) is 3.51. The first-order valence-electron chi connectivity index (χ1n) is 8.67. The van der Waals surface area contributed by atoms with E-state index >= 15 is 0 Å². The SMILES string of the molecule is CCO[C@@H]1CCN(C(=O)c2ccnc3ccccc23)[C@H]2CCO[C@H]12. The Morgan fingerprint density at radius 2 is 2.21 bits per heavy atom. The Morgan fingerprint density at radius 3 is 3.08 bits per heavy atom. The number of likely N-dealkylation sites (tertiary alicyclic amines) is 1. The molecule has 2 fully saturated rings. The van der Waals surface area contributed by atoms with Gasteiger partial charge < -0.3 is 14.4 Å². The molecule has 0 N–H and O–H groups in total. The number of aromatic nitrogens is 1. The lowest BCUT2D eigenvalue weighted by Crippen LogP contribution is -2.55. The van der Waals surface area contributed by atoms with Crippen molar-refractivity contribution >= 4 is 16.8 Å². The van der Waals surface area contributed by atoms with E-state index < -0.39 is 0 Å². The molecular weight excluding hydrogens is 304 g/mol. The smallest absolute Gasteiger partial charge is 0.254 e. The standard InChI is InChI=1S/C19H22N2O3/c1-2-23-17-8-11-21(16-9-12-24-18(16)17)19(22)14-7-10-20-15-6-4-3-5-13(14)15/h3-7,10,16-18H,2,8-9,11-12H2,1H3/t16-,17+,18-/m0/s1. The van der Waals surface area contributed by atoms with Gasteiger partial charge in [0.1, 0.15) is 6.10 Å². The first kappa shape index (κ1) is 15.5. The second-order valence-electron chi connectivity index (χ2n) is 6.35. The Hall–Kier alpha value is -1.98. The van der Waals surface area contributed by atoms with E-state index in [2.05, 4.69) is 4.98 Å². The highest BCUT2D eigenvalue weighted by molar-refractivity contribution is 6.06. The molecule has 4 rings (SSSR count). The zero-order valence-corrected chi connectivity index (χ0v) is 13.9. The van der Waals surface area contributed by atoms with Crippen molar-refractivity contribution < 1.29 is 14.3 Å². The molecule has 1 aromatic heterocycles. The fourth-order valence-corrected chi connectivity index (χ4v) is 3.97. The van der Waals surface area contributed by atoms with Crippen LogP contribution in [0.1, 0.15) is 30.1 Å². The number of ether oxygens (including phenoxy) is 2. The van der Waals surface area contributed by atoms with Crippen LogP contribution in [0.25, 0.3) is 10.9 Å². The van der Waals surface area contributed by atoms with Crippen molar-refractivity contribution in [3.63, 3.8) is 0 Å². The molecule has 2 aromatic rings. The van der Waals surface area contributed by atoms with Crippen molar-refractivity contribution in [2.45, 2.75) is 38.0 Å². The van der Waals surface area contributed by atoms with E-state index in [-0.39, 0.29) is 24.2 Å². The van der Waals surface area contributed by atoms with Crippen LogP contribution >= 0.6 is 0 Å². The van der Waals surface area contributed by atoms with Gasteiger partial charge in [0.25, 0.3) is 5.91 Å². The lowest BCUT2D eigenvalue weighted by Gasteiger charge is -2.41. The quantitative estimate of drug-likeness (QED) is 0.870. The van der Waals surface area contributed by atoms with Gasteiger partial charge in [-0.2, -0.15) is 0 Å². The summed E-state index contributed by atoms with van der Waals surface area (Å²) in [7, 11) is 0. The average Bonchev–Trinajstić information content (AvgIpc) is 3.11. The van der Waals surface area contributed by atoms with Crippen LogP contribution in [-0.4, -0.2) is 53.8 Å². The number of hydrogen-bond acceptors (Lipinski definition) is 4. The number of benzene rings is 1. The second-order valence-corrected chi connectivity index (χ2v) is 6.35. The zero-order valence-electron chi connectivity index (χ0n) is 13.9. The van der Waals surface area contributed by atoms with E-state index in [0.717, 1.165) is 29.3 Å². The minimum atomic E-state index is -0.00393. The van der Waals surface area contributed by atoms with Crippen LogP contribution in [0, 0.1) is 0 Å². The minimum absolute atomic E-state index is 0.00393. The number of amides is 1. The monoisotopic (exact) mass is 326 g/mol. The Kier molecular flexibility index (Phi) is 4.21. The summed E-state index contributed by atoms with van der Waals surface area (Å²) in [5.41, 5.74) is 1.58. The number of carbonyl (C=O) groups excluding carboxylic acids is 1. The maximum absolute atomic E-state index is 13.2. The van der Waals surface area contributed by atoms with Crippen molar-refractivity contribution in [1.82, 2.24) is 9.88 Å². The van der Waals surface area contributed by atoms with Gasteiger partial charge in [-0.3, -0.25) is 9.78 Å². The molecule has 0 saturated carbocycles. The zero-order chi connectivity index (χ0) is 16.5. The molecule has 0 spiro atoms. The molecule has 3 heterocycles. The summed E-state index contributed by atoms with van der Waals surface area (Å²) in [5, 5.41) is 0.910. The molecule has 1 aromatic carbocycles. The number of rotatable bonds is 3. The first-order chi connectivity index (χ1) is 11.8. The predicted molar refractivity (Wildman–Crippen MR) is 91.0 cm³/mol. The highest BCUT2D eigenvalue weighted by Crippen LogP contribution is 2.32. The summed E-state index contributed by atoms with van der Waals surface area (Å²) < 4.78 is 11.7. The number of hydrogen-bond donors (Lipinski definition) is 0. The van der Waals surface area contributed by atoms with Gasteiger partial charge in [-0.15, -0.1) is 0 Å². The van der Waals surface area contributed by atoms with Crippen molar-refractivity contribution in [2.75, 3.05) is 19.8 Å². The predicted octanol–water partition coefficient (Wildman–Crippen LogP) is 2.64. The number of piperidine rings is 1. The third kappa shape index (κ3) is 2.58. The maximum Gasteiger partial charge on any atom is 0.254 e. The average molecular weight is 326 g/mol. The van der Waals surface area contributed by atoms with E-state index in [4.69, 9.17) is 9.47 Å². The summed E-state index contributed by atoms with van der Waals surface area (Å²) in [4.78, 5) is 19.6. The molecule has 126 valence electrons. The second kappa shape index (κ2) is 6.49. The molecule has 1 amide bonds. The van der Waals surface area contributed by atoms with E-state index in [9.17, 15) is 4.79 Å². The Bertz CT molecular complexity index is 743. The lowest BCUT2D eigenvalue weighted by atomic mass is 9.94. The number of fused-ring (bicyclic) bond motifs is 2. The number of para-hydroxylation sites is 1. The summed E-state index contributed by atoms with van der Waals surface area (Å²) in [5.74, 6) is 0.0732. The topological polar surface area (TPSA) is 51.7 Å². The van der Waals surface area contributed by atoms with Gasteiger partial charge in [-0.25, -0.2) is 0 Å². The van der Waals surface area contributed by atoms with Gasteiger partial charge in [0.2, 0.25) is 0 Å². The molecule has 5 nitrogen and oxygen atoms in total. The largest absolute Gasteiger partial charge is 0.376 e. The van der Waals surface area contributed by atoms with Crippen LogP contribution in [-0.2, 0) is 9.47 Å². The fraction of sp³-hybridized carbons (Fsp3) is 0.474. The Morgan fingerprint density at radius 1 is 1.33 bits per heavy atom. The summed E-state index contributed by atoms with van der Waals surface area (Å²) >= 11 is 0. The molecule has 5 heteroatoms. The normalized spacial score (nSPS) is 26.5. The highest BCUT2D eigenvalue weighted by Gasteiger charge is 2.44. The molecule has 0 unspecified atom stereocenters. The van der Waals surface area contributed by atoms with Crippen LogP contribution in [0.5, 0.6) is 0 Å². The van der Waals surface area contributed by atoms with Crippen LogP contribution < -0.4 is 0 Å². The van der Waals surface area contributed by atoms with Gasteiger partial charge >= 0.3 is 0 Å². The number of pyridine rings is 1. The molecule has 24 heavy (non-hydrogen) atoms. The van der Waals surface area contributed by atoms with Crippen LogP contribution in [0.4, 0.5) is 0 Å². The fourth-order valence-electron chi connectivity index (χ4n) is 3.97. The van der Waals surface area contributed by atoms with Crippen LogP contribution in [0.15, 0.2) is 36.5 Å². The number of nitrogens with zero attached hydrogens (tertiary/aromatic N) is 2. The molecule has 3 atom stereocenters. The van der Waals surface area contributed by atoms with Gasteiger partial charge in [0, 0.05) is 31.3 Å². The first-order valence-corrected chi connectivity index (χ1v) is 8.67. The van der Waals surface area contributed by atoms with Crippen LogP contribution in [0.3, 0.4) is 0 Å². The molecule has 0 radical (unpaired) electrons. The van der Waals surface area contributed by atoms with E-state index in [0.29, 0.717) is 19.8 Å². The Labute approximate surface area is 141 Å². The van der Waals surface area contributed by atoms with Crippen molar-refractivity contribution in [3.8, 4) is 0 Å². The molecule has 2 aliphatic rings. The van der Waals surface area contributed by atoms with Crippen molar-refractivity contribution in [1.29, 1.82) is 0 Å². The Balaban J connectivity index is 1.65. The molecule has 2 aliphatic heterocycles. The highest BCUT2D eigenvalue weighted by atomic mass is 16.5. The number of carbonyl (C=O) groups is 1. The minimum Gasteiger partial charge on any atom is -0.376 e. The van der Waals surface area contributed by atoms with Crippen molar-refractivity contribution in [3.05, 3.63) is 42.1 Å². The van der Waals surface area contributed by atoms with Crippen molar-refractivity contribution in [2.24, 2.45) is 0 Å². The third-order valence-electron chi connectivity index (χ3n) is 5.05. The lowest BCUT2D eigenvalue weighted by molar-refractivity contribution is -0.0882. The summed E-state index contributed by atoms with van der Waals surface area (Å²) in [6, 6.07) is 9.72. The van der Waals surface area contributed by atoms with Crippen LogP contribution in [0.2, 0.25) is 0 Å². The van der Waals surface area contributed by atoms with Gasteiger partial charge in [-0.05, 0) is 31.9 Å². The van der Waals surface area contributed by atoms with E-state index in [1.807, 2.05) is 42.2 Å². The van der Waals surface area contributed by atoms with E-state index in [1.165, 1.54) is 0 Å². The van der Waals surface area contributed by atoms with E-state index in [1.54, 1.807) is 6.20 Å². The molecule has 2 saturated heterocycles. The molecule has 0 bridgehead atoms. The van der Waals surface area contributed by atoms with Gasteiger partial charge in [0.05, 0.1) is 23.2 Å². The molecular formula is C19H22N2O3. The third-order valence-corrected chi connectivity index (χ3v) is 5.05. The molecule has 0 aliphatic carbocycles. The van der Waals surface area contributed by atoms with Gasteiger partial charge in [-0.1, -0.05) is 18.2 Å².